The van der Waals surface area contributed by atoms with Crippen LogP contribution in [0, 0.1) is 10.8 Å². The van der Waals surface area contributed by atoms with Crippen LogP contribution in [0.1, 0.15) is 64.6 Å². The second-order valence-electron chi connectivity index (χ2n) is 6.47. The fourth-order valence-electron chi connectivity index (χ4n) is 3.12. The summed E-state index contributed by atoms with van der Waals surface area (Å²) >= 11 is 0. The molecule has 1 aromatic heterocycles. The summed E-state index contributed by atoms with van der Waals surface area (Å²) in [6.45, 7) is 13.6. The molecule has 0 unspecified atom stereocenters. The Kier molecular flexibility index (Phi) is 2.17. The maximum atomic E-state index is 5.94. The van der Waals surface area contributed by atoms with E-state index in [4.69, 9.17) is 5.73 Å². The van der Waals surface area contributed by atoms with Gasteiger partial charge in [0.05, 0.1) is 0 Å². The van der Waals surface area contributed by atoms with Crippen LogP contribution in [-0.2, 0) is 0 Å². The lowest BCUT2D eigenvalue weighted by atomic mass is 9.97. The van der Waals surface area contributed by atoms with Gasteiger partial charge in [-0.1, -0.05) is 41.5 Å². The predicted octanol–water partition coefficient (Wildman–Crippen LogP) is 3.26. The zero-order valence-corrected chi connectivity index (χ0v) is 11.2. The summed E-state index contributed by atoms with van der Waals surface area (Å²) in [5.41, 5.74) is 9.06. The molecule has 90 valence electrons. The number of hydrogen-bond donors (Lipinski definition) is 2. The highest BCUT2D eigenvalue weighted by Crippen LogP contribution is 2.73. The van der Waals surface area contributed by atoms with E-state index in [1.165, 1.54) is 11.3 Å². The van der Waals surface area contributed by atoms with Crippen molar-refractivity contribution in [1.29, 1.82) is 0 Å². The molecule has 1 fully saturated rings. The van der Waals surface area contributed by atoms with Gasteiger partial charge in [0, 0.05) is 17.2 Å². The number of aromatic amines is 1. The molecule has 16 heavy (non-hydrogen) atoms. The topological polar surface area (TPSA) is 54.7 Å². The number of H-pyrrole nitrogens is 1. The van der Waals surface area contributed by atoms with Gasteiger partial charge in [-0.2, -0.15) is 5.10 Å². The van der Waals surface area contributed by atoms with Crippen molar-refractivity contribution in [3.05, 3.63) is 11.3 Å². The first-order valence-corrected chi connectivity index (χ1v) is 6.05. The molecule has 0 radical (unpaired) electrons. The van der Waals surface area contributed by atoms with Crippen LogP contribution in [0.4, 0.5) is 5.82 Å². The van der Waals surface area contributed by atoms with Crippen LogP contribution in [0.25, 0.3) is 0 Å². The van der Waals surface area contributed by atoms with Gasteiger partial charge in [-0.05, 0) is 16.7 Å². The molecule has 1 aromatic rings. The van der Waals surface area contributed by atoms with E-state index in [0.717, 1.165) is 0 Å². The lowest BCUT2D eigenvalue weighted by Gasteiger charge is -2.08. The van der Waals surface area contributed by atoms with Crippen LogP contribution < -0.4 is 5.73 Å². The first-order chi connectivity index (χ1) is 7.21. The molecule has 0 saturated heterocycles. The Bertz CT molecular complexity index is 399. The molecule has 0 aliphatic heterocycles. The molecule has 3 N–H and O–H groups in total. The minimum Gasteiger partial charge on any atom is -0.382 e. The van der Waals surface area contributed by atoms with E-state index >= 15 is 0 Å². The van der Waals surface area contributed by atoms with E-state index in [9.17, 15) is 0 Å². The number of nitrogens with two attached hydrogens (primary N) is 1. The van der Waals surface area contributed by atoms with E-state index < -0.39 is 0 Å². The minimum atomic E-state index is 0.329. The van der Waals surface area contributed by atoms with Crippen molar-refractivity contribution in [1.82, 2.24) is 10.2 Å². The van der Waals surface area contributed by atoms with Gasteiger partial charge >= 0.3 is 0 Å². The van der Waals surface area contributed by atoms with E-state index in [-0.39, 0.29) is 0 Å². The van der Waals surface area contributed by atoms with Crippen molar-refractivity contribution in [2.24, 2.45) is 10.8 Å². The Morgan fingerprint density at radius 3 is 2.06 bits per heavy atom. The van der Waals surface area contributed by atoms with E-state index in [0.29, 0.717) is 28.5 Å². The summed E-state index contributed by atoms with van der Waals surface area (Å²) in [6.07, 6.45) is 0. The summed E-state index contributed by atoms with van der Waals surface area (Å²) in [6, 6.07) is 0. The molecule has 0 bridgehead atoms. The smallest absolute Gasteiger partial charge is 0.148 e. The Morgan fingerprint density at radius 2 is 1.69 bits per heavy atom. The number of hydrogen-bond acceptors (Lipinski definition) is 2. The molecule has 0 atom stereocenters. The Balaban J connectivity index is 2.45. The Morgan fingerprint density at radius 1 is 1.19 bits per heavy atom. The summed E-state index contributed by atoms with van der Waals surface area (Å²) in [4.78, 5) is 0. The van der Waals surface area contributed by atoms with Crippen molar-refractivity contribution in [2.45, 2.75) is 53.4 Å². The average Bonchev–Trinajstić information content (AvgIpc) is 2.42. The van der Waals surface area contributed by atoms with Crippen molar-refractivity contribution in [2.75, 3.05) is 5.73 Å². The third-order valence-corrected chi connectivity index (χ3v) is 4.75. The normalized spacial score (nSPS) is 22.7. The molecule has 3 heteroatoms. The van der Waals surface area contributed by atoms with Gasteiger partial charge in [0.25, 0.3) is 0 Å². The lowest BCUT2D eigenvalue weighted by molar-refractivity contribution is 0.457. The fraction of sp³-hybridized carbons (Fsp3) is 0.769. The number of nitrogens with one attached hydrogen (secondary N) is 1. The summed E-state index contributed by atoms with van der Waals surface area (Å²) in [5.74, 6) is 1.65. The molecule has 0 aromatic carbocycles. The molecular weight excluding hydrogens is 198 g/mol. The zero-order chi connectivity index (χ0) is 12.3. The van der Waals surface area contributed by atoms with Gasteiger partial charge in [-0.25, -0.2) is 0 Å². The minimum absolute atomic E-state index is 0.329. The largest absolute Gasteiger partial charge is 0.382 e. The van der Waals surface area contributed by atoms with Crippen molar-refractivity contribution >= 4 is 5.82 Å². The summed E-state index contributed by atoms with van der Waals surface area (Å²) < 4.78 is 0. The second-order valence-corrected chi connectivity index (χ2v) is 6.47. The van der Waals surface area contributed by atoms with Gasteiger partial charge in [-0.3, -0.25) is 5.10 Å². The van der Waals surface area contributed by atoms with Crippen molar-refractivity contribution in [3.8, 4) is 0 Å². The van der Waals surface area contributed by atoms with Gasteiger partial charge in [0.15, 0.2) is 0 Å². The predicted molar refractivity (Wildman–Crippen MR) is 67.4 cm³/mol. The van der Waals surface area contributed by atoms with Gasteiger partial charge in [0.2, 0.25) is 0 Å². The van der Waals surface area contributed by atoms with Crippen molar-refractivity contribution < 1.29 is 0 Å². The third-order valence-electron chi connectivity index (χ3n) is 4.75. The van der Waals surface area contributed by atoms with Crippen LogP contribution in [0.3, 0.4) is 0 Å². The maximum Gasteiger partial charge on any atom is 0.148 e. The molecule has 1 aliphatic rings. The van der Waals surface area contributed by atoms with Crippen LogP contribution in [-0.4, -0.2) is 10.2 Å². The first-order valence-electron chi connectivity index (χ1n) is 6.05. The number of nitrogens with zero attached hydrogens (tertiary/aromatic N) is 1. The molecule has 0 spiro atoms. The first kappa shape index (κ1) is 11.5. The second kappa shape index (κ2) is 3.02. The van der Waals surface area contributed by atoms with E-state index in [1.54, 1.807) is 0 Å². The average molecular weight is 221 g/mol. The molecular formula is C13H23N3. The number of rotatable bonds is 2. The van der Waals surface area contributed by atoms with E-state index in [1.807, 2.05) is 0 Å². The fourth-order valence-corrected chi connectivity index (χ4v) is 3.12. The van der Waals surface area contributed by atoms with Gasteiger partial charge < -0.3 is 5.73 Å². The molecule has 1 aliphatic carbocycles. The highest BCUT2D eigenvalue weighted by atomic mass is 15.2. The zero-order valence-electron chi connectivity index (χ0n) is 11.2. The molecule has 3 nitrogen and oxygen atoms in total. The van der Waals surface area contributed by atoms with Gasteiger partial charge in [0.1, 0.15) is 5.82 Å². The Labute approximate surface area is 97.8 Å². The number of anilines is 1. The van der Waals surface area contributed by atoms with Gasteiger partial charge in [-0.15, -0.1) is 0 Å². The maximum absolute atomic E-state index is 5.94. The van der Waals surface area contributed by atoms with Crippen LogP contribution in [0.15, 0.2) is 0 Å². The highest BCUT2D eigenvalue weighted by Gasteiger charge is 2.66. The SMILES string of the molecule is CC(C)c1c(N)n[nH]c1C1C(C)(C)C1(C)C. The summed E-state index contributed by atoms with van der Waals surface area (Å²) in [5, 5.41) is 7.34. The number of nitrogen functional groups attached to an aromatic ring is 1. The highest BCUT2D eigenvalue weighted by molar-refractivity contribution is 5.49. The van der Waals surface area contributed by atoms with E-state index in [2.05, 4.69) is 51.7 Å². The molecule has 1 heterocycles. The monoisotopic (exact) mass is 221 g/mol. The quantitative estimate of drug-likeness (QED) is 0.805. The molecule has 1 saturated carbocycles. The van der Waals surface area contributed by atoms with Crippen LogP contribution >= 0.6 is 0 Å². The standard InChI is InChI=1S/C13H23N3/c1-7(2)8-9(15-16-11(8)14)10-12(3,4)13(10,5)6/h7,10H,1-6H3,(H3,14,15,16). The van der Waals surface area contributed by atoms with Crippen molar-refractivity contribution in [3.63, 3.8) is 0 Å². The van der Waals surface area contributed by atoms with Crippen LogP contribution in [0.5, 0.6) is 0 Å². The third kappa shape index (κ3) is 1.23. The Hall–Kier alpha value is -0.990. The number of aromatic nitrogens is 2. The van der Waals surface area contributed by atoms with Crippen LogP contribution in [0.2, 0.25) is 0 Å². The molecule has 2 rings (SSSR count). The molecule has 0 amide bonds. The summed E-state index contributed by atoms with van der Waals surface area (Å²) in [7, 11) is 0. The lowest BCUT2D eigenvalue weighted by Crippen LogP contribution is -1.99.